The SMILES string of the molecule is C=C(C)C(=O)O.C=C(C)C(=O)O.CC(C)(C1CCC(O)CC1)C1CCC(O)CC1. The minimum Gasteiger partial charge on any atom is -0.478 e. The summed E-state index contributed by atoms with van der Waals surface area (Å²) in [7, 11) is 0. The first kappa shape index (κ1) is 27.3. The van der Waals surface area contributed by atoms with E-state index in [1.807, 2.05) is 0 Å². The number of carboxylic acids is 2. The van der Waals surface area contributed by atoms with Gasteiger partial charge in [-0.3, -0.25) is 0 Å². The Morgan fingerprint density at radius 2 is 0.897 bits per heavy atom. The zero-order chi connectivity index (χ0) is 22.8. The van der Waals surface area contributed by atoms with Gasteiger partial charge in [-0.15, -0.1) is 0 Å². The van der Waals surface area contributed by atoms with E-state index in [1.54, 1.807) is 0 Å². The van der Waals surface area contributed by atoms with Crippen LogP contribution >= 0.6 is 0 Å². The molecule has 0 aliphatic heterocycles. The first-order valence-electron chi connectivity index (χ1n) is 10.4. The standard InChI is InChI=1S/C15H28O2.2C4H6O2/c1-15(2,11-3-7-13(16)8-4-11)12-5-9-14(17)10-6-12;2*1-3(2)4(5)6/h11-14,16-17H,3-10H2,1-2H3;2*1H2,2H3,(H,5,6). The summed E-state index contributed by atoms with van der Waals surface area (Å²) in [5, 5.41) is 35.0. The lowest BCUT2D eigenvalue weighted by Crippen LogP contribution is -2.38. The number of hydrogen-bond acceptors (Lipinski definition) is 4. The van der Waals surface area contributed by atoms with E-state index in [4.69, 9.17) is 10.2 Å². The quantitative estimate of drug-likeness (QED) is 0.509. The molecule has 0 radical (unpaired) electrons. The third-order valence-electron chi connectivity index (χ3n) is 6.23. The highest BCUT2D eigenvalue weighted by atomic mass is 16.4. The van der Waals surface area contributed by atoms with E-state index in [9.17, 15) is 19.8 Å². The van der Waals surface area contributed by atoms with Crippen LogP contribution in [0.15, 0.2) is 24.3 Å². The molecule has 6 heteroatoms. The molecule has 2 rings (SSSR count). The van der Waals surface area contributed by atoms with Crippen LogP contribution in [0.3, 0.4) is 0 Å². The van der Waals surface area contributed by atoms with Crippen molar-refractivity contribution in [2.24, 2.45) is 17.3 Å². The van der Waals surface area contributed by atoms with Crippen LogP contribution < -0.4 is 0 Å². The van der Waals surface area contributed by atoms with Gasteiger partial charge in [0, 0.05) is 11.1 Å². The van der Waals surface area contributed by atoms with Crippen LogP contribution in [0, 0.1) is 17.3 Å². The molecule has 0 aromatic heterocycles. The summed E-state index contributed by atoms with van der Waals surface area (Å²) in [6.07, 6.45) is 8.62. The largest absolute Gasteiger partial charge is 0.478 e. The molecule has 4 N–H and O–H groups in total. The molecule has 2 aliphatic rings. The predicted octanol–water partition coefficient (Wildman–Crippen LogP) is 4.41. The highest BCUT2D eigenvalue weighted by molar-refractivity contribution is 5.85. The van der Waals surface area contributed by atoms with Gasteiger partial charge in [0.05, 0.1) is 12.2 Å². The van der Waals surface area contributed by atoms with Crippen molar-refractivity contribution in [1.29, 1.82) is 0 Å². The van der Waals surface area contributed by atoms with Gasteiger partial charge in [-0.05, 0) is 82.5 Å². The molecule has 0 saturated heterocycles. The molecule has 2 fully saturated rings. The number of aliphatic carboxylic acids is 2. The monoisotopic (exact) mass is 412 g/mol. The van der Waals surface area contributed by atoms with Crippen molar-refractivity contribution in [2.75, 3.05) is 0 Å². The third kappa shape index (κ3) is 10.6. The van der Waals surface area contributed by atoms with Gasteiger partial charge in [0.15, 0.2) is 0 Å². The molecule has 6 nitrogen and oxygen atoms in total. The van der Waals surface area contributed by atoms with Gasteiger partial charge in [0.2, 0.25) is 0 Å². The first-order chi connectivity index (χ1) is 13.3. The van der Waals surface area contributed by atoms with E-state index in [2.05, 4.69) is 27.0 Å². The van der Waals surface area contributed by atoms with E-state index in [1.165, 1.54) is 39.5 Å². The van der Waals surface area contributed by atoms with Crippen LogP contribution in [-0.4, -0.2) is 44.6 Å². The highest BCUT2D eigenvalue weighted by Gasteiger charge is 2.39. The van der Waals surface area contributed by atoms with Crippen molar-refractivity contribution in [2.45, 2.75) is 91.3 Å². The molecule has 0 atom stereocenters. The summed E-state index contributed by atoms with van der Waals surface area (Å²) in [5.74, 6) is -0.331. The number of hydrogen-bond donors (Lipinski definition) is 4. The van der Waals surface area contributed by atoms with Crippen molar-refractivity contribution in [3.63, 3.8) is 0 Å². The Labute approximate surface area is 175 Å². The van der Waals surface area contributed by atoms with E-state index >= 15 is 0 Å². The van der Waals surface area contributed by atoms with Gasteiger partial charge in [0.1, 0.15) is 0 Å². The van der Waals surface area contributed by atoms with Crippen molar-refractivity contribution < 1.29 is 30.0 Å². The topological polar surface area (TPSA) is 115 Å². The van der Waals surface area contributed by atoms with E-state index in [0.717, 1.165) is 37.5 Å². The summed E-state index contributed by atoms with van der Waals surface area (Å²) in [6.45, 7) is 14.0. The third-order valence-corrected chi connectivity index (χ3v) is 6.23. The molecule has 2 aliphatic carbocycles. The zero-order valence-electron chi connectivity index (χ0n) is 18.5. The van der Waals surface area contributed by atoms with Gasteiger partial charge in [-0.25, -0.2) is 9.59 Å². The molecule has 0 amide bonds. The maximum Gasteiger partial charge on any atom is 0.330 e. The van der Waals surface area contributed by atoms with Crippen LogP contribution in [0.2, 0.25) is 0 Å². The fraction of sp³-hybridized carbons (Fsp3) is 0.739. The average Bonchev–Trinajstić information content (AvgIpc) is 2.63. The van der Waals surface area contributed by atoms with Gasteiger partial charge >= 0.3 is 11.9 Å². The van der Waals surface area contributed by atoms with Crippen LogP contribution in [0.25, 0.3) is 0 Å². The Kier molecular flexibility index (Phi) is 12.1. The Balaban J connectivity index is 0.000000542. The molecule has 0 heterocycles. The van der Waals surface area contributed by atoms with Gasteiger partial charge in [-0.2, -0.15) is 0 Å². The molecule has 0 bridgehead atoms. The van der Waals surface area contributed by atoms with Crippen molar-refractivity contribution >= 4 is 11.9 Å². The van der Waals surface area contributed by atoms with Crippen LogP contribution in [-0.2, 0) is 9.59 Å². The Morgan fingerprint density at radius 3 is 1.07 bits per heavy atom. The summed E-state index contributed by atoms with van der Waals surface area (Å²) in [4.78, 5) is 19.2. The summed E-state index contributed by atoms with van der Waals surface area (Å²) < 4.78 is 0. The lowest BCUT2D eigenvalue weighted by Gasteiger charge is -2.46. The molecule has 0 spiro atoms. The zero-order valence-corrected chi connectivity index (χ0v) is 18.5. The summed E-state index contributed by atoms with van der Waals surface area (Å²) >= 11 is 0. The molecular weight excluding hydrogens is 372 g/mol. The van der Waals surface area contributed by atoms with Crippen molar-refractivity contribution in [3.8, 4) is 0 Å². The number of carboxylic acid groups (broad SMARTS) is 2. The number of aliphatic hydroxyl groups is 2. The van der Waals surface area contributed by atoms with E-state index < -0.39 is 11.9 Å². The van der Waals surface area contributed by atoms with Crippen molar-refractivity contribution in [1.82, 2.24) is 0 Å². The summed E-state index contributed by atoms with van der Waals surface area (Å²) in [5.41, 5.74) is 0.741. The smallest absolute Gasteiger partial charge is 0.330 e. The van der Waals surface area contributed by atoms with E-state index in [-0.39, 0.29) is 23.4 Å². The lowest BCUT2D eigenvalue weighted by molar-refractivity contribution is -0.133. The molecule has 0 unspecified atom stereocenters. The average molecular weight is 413 g/mol. The second kappa shape index (κ2) is 12.8. The number of carbonyl (C=O) groups is 2. The molecule has 168 valence electrons. The minimum absolute atomic E-state index is 0.0461. The van der Waals surface area contributed by atoms with Crippen LogP contribution in [0.4, 0.5) is 0 Å². The predicted molar refractivity (Wildman–Crippen MR) is 115 cm³/mol. The Hall–Kier alpha value is -1.66. The molecule has 0 aromatic carbocycles. The maximum absolute atomic E-state index is 9.60. The van der Waals surface area contributed by atoms with Crippen LogP contribution in [0.5, 0.6) is 0 Å². The molecule has 2 saturated carbocycles. The highest BCUT2D eigenvalue weighted by Crippen LogP contribution is 2.48. The van der Waals surface area contributed by atoms with Gasteiger partial charge < -0.3 is 20.4 Å². The Morgan fingerprint density at radius 1 is 0.690 bits per heavy atom. The summed E-state index contributed by atoms with van der Waals surface area (Å²) in [6, 6.07) is 0. The number of rotatable bonds is 4. The van der Waals surface area contributed by atoms with Gasteiger partial charge in [-0.1, -0.05) is 27.0 Å². The normalized spacial score (nSPS) is 26.7. The lowest BCUT2D eigenvalue weighted by atomic mass is 9.60. The second-order valence-corrected chi connectivity index (χ2v) is 9.00. The fourth-order valence-corrected chi connectivity index (χ4v) is 3.97. The first-order valence-corrected chi connectivity index (χ1v) is 10.4. The molecule has 29 heavy (non-hydrogen) atoms. The Bertz CT molecular complexity index is 478. The molecular formula is C23H40O6. The second-order valence-electron chi connectivity index (χ2n) is 9.00. The minimum atomic E-state index is -0.935. The fourth-order valence-electron chi connectivity index (χ4n) is 3.97. The van der Waals surface area contributed by atoms with E-state index in [0.29, 0.717) is 5.41 Å². The van der Waals surface area contributed by atoms with Crippen molar-refractivity contribution in [3.05, 3.63) is 24.3 Å². The number of aliphatic hydroxyl groups excluding tert-OH is 2. The molecule has 0 aromatic rings. The van der Waals surface area contributed by atoms with Crippen LogP contribution in [0.1, 0.15) is 79.1 Å². The maximum atomic E-state index is 9.60. The van der Waals surface area contributed by atoms with Gasteiger partial charge in [0.25, 0.3) is 0 Å².